The van der Waals surface area contributed by atoms with Gasteiger partial charge in [0.1, 0.15) is 18.2 Å². The highest BCUT2D eigenvalue weighted by Gasteiger charge is 2.10. The van der Waals surface area contributed by atoms with Crippen LogP contribution < -0.4 is 4.74 Å². The van der Waals surface area contributed by atoms with E-state index < -0.39 is 0 Å². The van der Waals surface area contributed by atoms with Gasteiger partial charge >= 0.3 is 0 Å². The highest BCUT2D eigenvalue weighted by atomic mass is 79.9. The van der Waals surface area contributed by atoms with E-state index in [1.54, 1.807) is 42.5 Å². The smallest absolute Gasteiger partial charge is 0.129 e. The second-order valence-corrected chi connectivity index (χ2v) is 7.03. The predicted molar refractivity (Wildman–Crippen MR) is 110 cm³/mol. The minimum Gasteiger partial charge on any atom is -0.488 e. The van der Waals surface area contributed by atoms with E-state index in [0.29, 0.717) is 33.0 Å². The van der Waals surface area contributed by atoms with E-state index in [2.05, 4.69) is 22.0 Å². The summed E-state index contributed by atoms with van der Waals surface area (Å²) < 4.78 is 20.5. The van der Waals surface area contributed by atoms with Crippen LogP contribution in [-0.4, -0.2) is 0 Å². The van der Waals surface area contributed by atoms with Gasteiger partial charge in [-0.2, -0.15) is 5.26 Å². The zero-order valence-corrected chi connectivity index (χ0v) is 16.5. The first-order valence-electron chi connectivity index (χ1n) is 8.11. The van der Waals surface area contributed by atoms with Gasteiger partial charge in [0.25, 0.3) is 0 Å². The zero-order chi connectivity index (χ0) is 19.2. The second-order valence-electron chi connectivity index (χ2n) is 5.71. The Morgan fingerprint density at radius 3 is 2.59 bits per heavy atom. The lowest BCUT2D eigenvalue weighted by molar-refractivity contribution is 0.299. The summed E-state index contributed by atoms with van der Waals surface area (Å²) in [6.07, 6.45) is 1.71. The summed E-state index contributed by atoms with van der Waals surface area (Å²) in [5.41, 5.74) is 2.20. The van der Waals surface area contributed by atoms with Crippen molar-refractivity contribution in [2.24, 2.45) is 0 Å². The molecular weight excluding hydrogens is 429 g/mol. The molecule has 0 aromatic heterocycles. The summed E-state index contributed by atoms with van der Waals surface area (Å²) in [6.45, 7) is 0.0864. The molecule has 0 fully saturated rings. The van der Waals surface area contributed by atoms with Gasteiger partial charge in [-0.1, -0.05) is 63.9 Å². The van der Waals surface area contributed by atoms with Crippen LogP contribution in [0.4, 0.5) is 4.39 Å². The van der Waals surface area contributed by atoms with Crippen LogP contribution in [0.15, 0.2) is 71.2 Å². The van der Waals surface area contributed by atoms with Gasteiger partial charge in [0.2, 0.25) is 0 Å². The van der Waals surface area contributed by atoms with Gasteiger partial charge in [0, 0.05) is 26.2 Å². The molecular formula is C22H14BrClFNO. The molecule has 0 heterocycles. The van der Waals surface area contributed by atoms with Crippen LogP contribution in [0.25, 0.3) is 11.6 Å². The van der Waals surface area contributed by atoms with Crippen LogP contribution in [0.5, 0.6) is 5.75 Å². The number of halogens is 3. The van der Waals surface area contributed by atoms with Gasteiger partial charge in [-0.3, -0.25) is 0 Å². The molecule has 3 aromatic rings. The van der Waals surface area contributed by atoms with Crippen molar-refractivity contribution >= 4 is 39.2 Å². The lowest BCUT2D eigenvalue weighted by atomic mass is 10.0. The van der Waals surface area contributed by atoms with Crippen molar-refractivity contribution in [3.05, 3.63) is 98.7 Å². The fourth-order valence-corrected chi connectivity index (χ4v) is 3.16. The second kappa shape index (κ2) is 8.85. The van der Waals surface area contributed by atoms with E-state index in [1.807, 2.05) is 24.3 Å². The lowest BCUT2D eigenvalue weighted by Crippen LogP contribution is -1.99. The largest absolute Gasteiger partial charge is 0.488 e. The van der Waals surface area contributed by atoms with Crippen molar-refractivity contribution in [1.82, 2.24) is 0 Å². The maximum absolute atomic E-state index is 13.8. The molecule has 2 nitrogen and oxygen atoms in total. The van der Waals surface area contributed by atoms with E-state index >= 15 is 0 Å². The Kier molecular flexibility index (Phi) is 6.28. The fourth-order valence-electron chi connectivity index (χ4n) is 2.54. The van der Waals surface area contributed by atoms with Gasteiger partial charge in [-0.15, -0.1) is 0 Å². The Morgan fingerprint density at radius 2 is 1.85 bits per heavy atom. The average Bonchev–Trinajstić information content (AvgIpc) is 2.67. The fraction of sp³-hybridized carbons (Fsp3) is 0.0455. The summed E-state index contributed by atoms with van der Waals surface area (Å²) in [7, 11) is 0. The molecule has 0 saturated carbocycles. The zero-order valence-electron chi connectivity index (χ0n) is 14.1. The number of hydrogen-bond acceptors (Lipinski definition) is 2. The maximum Gasteiger partial charge on any atom is 0.129 e. The molecule has 0 unspecified atom stereocenters. The van der Waals surface area contributed by atoms with Gasteiger partial charge in [-0.25, -0.2) is 4.39 Å². The first kappa shape index (κ1) is 19.2. The molecule has 0 N–H and O–H groups in total. The van der Waals surface area contributed by atoms with Crippen molar-refractivity contribution in [2.75, 3.05) is 0 Å². The first-order chi connectivity index (χ1) is 13.1. The highest BCUT2D eigenvalue weighted by molar-refractivity contribution is 9.10. The number of nitriles is 1. The molecule has 0 spiro atoms. The van der Waals surface area contributed by atoms with Gasteiger partial charge in [0.05, 0.1) is 11.6 Å². The molecule has 3 aromatic carbocycles. The third-order valence-electron chi connectivity index (χ3n) is 3.90. The van der Waals surface area contributed by atoms with Crippen molar-refractivity contribution in [2.45, 2.75) is 6.61 Å². The molecule has 5 heteroatoms. The maximum atomic E-state index is 13.8. The summed E-state index contributed by atoms with van der Waals surface area (Å²) >= 11 is 9.65. The average molecular weight is 443 g/mol. The van der Waals surface area contributed by atoms with Crippen LogP contribution >= 0.6 is 27.5 Å². The molecule has 0 saturated heterocycles. The number of hydrogen-bond donors (Lipinski definition) is 0. The number of benzene rings is 3. The van der Waals surface area contributed by atoms with Crippen molar-refractivity contribution < 1.29 is 9.13 Å². The van der Waals surface area contributed by atoms with E-state index in [-0.39, 0.29) is 12.4 Å². The minimum absolute atomic E-state index is 0.0864. The monoisotopic (exact) mass is 441 g/mol. The molecule has 0 aliphatic rings. The SMILES string of the molecule is N#CC(=Cc1cc(Br)ccc1OCc1ccccc1F)c1ccccc1Cl. The van der Waals surface area contributed by atoms with E-state index in [9.17, 15) is 9.65 Å². The Morgan fingerprint density at radius 1 is 1.11 bits per heavy atom. The molecule has 134 valence electrons. The molecule has 0 aliphatic heterocycles. The van der Waals surface area contributed by atoms with Crippen molar-refractivity contribution in [3.8, 4) is 11.8 Å². The number of rotatable bonds is 5. The van der Waals surface area contributed by atoms with Crippen LogP contribution in [0.1, 0.15) is 16.7 Å². The van der Waals surface area contributed by atoms with Crippen LogP contribution in [0, 0.1) is 17.1 Å². The van der Waals surface area contributed by atoms with E-state index in [1.165, 1.54) is 6.07 Å². The Labute approximate surface area is 170 Å². The minimum atomic E-state index is -0.319. The molecule has 0 atom stereocenters. The topological polar surface area (TPSA) is 33.0 Å². The third kappa shape index (κ3) is 4.77. The Hall–Kier alpha value is -2.61. The standard InChI is InChI=1S/C22H14BrClFNO/c23-18-9-10-22(27-14-15-5-1-4-8-21(15)25)16(12-18)11-17(13-26)19-6-2-3-7-20(19)24/h1-12H,14H2. The van der Waals surface area contributed by atoms with Crippen LogP contribution in [0.2, 0.25) is 5.02 Å². The van der Waals surface area contributed by atoms with Crippen LogP contribution in [0.3, 0.4) is 0 Å². The molecule has 0 radical (unpaired) electrons. The third-order valence-corrected chi connectivity index (χ3v) is 4.72. The predicted octanol–water partition coefficient (Wildman–Crippen LogP) is 6.88. The Balaban J connectivity index is 1.95. The summed E-state index contributed by atoms with van der Waals surface area (Å²) in [6, 6.07) is 21.2. The van der Waals surface area contributed by atoms with Crippen LogP contribution in [-0.2, 0) is 6.61 Å². The van der Waals surface area contributed by atoms with Gasteiger partial charge in [0.15, 0.2) is 0 Å². The van der Waals surface area contributed by atoms with E-state index in [4.69, 9.17) is 16.3 Å². The quantitative estimate of drug-likeness (QED) is 0.318. The molecule has 27 heavy (non-hydrogen) atoms. The van der Waals surface area contributed by atoms with E-state index in [0.717, 1.165) is 4.47 Å². The molecule has 0 aliphatic carbocycles. The first-order valence-corrected chi connectivity index (χ1v) is 9.28. The molecule has 0 bridgehead atoms. The normalized spacial score (nSPS) is 11.1. The summed E-state index contributed by atoms with van der Waals surface area (Å²) in [5.74, 6) is 0.224. The number of nitrogens with zero attached hydrogens (tertiary/aromatic N) is 1. The van der Waals surface area contributed by atoms with Crippen molar-refractivity contribution in [3.63, 3.8) is 0 Å². The van der Waals surface area contributed by atoms with Crippen molar-refractivity contribution in [1.29, 1.82) is 5.26 Å². The molecule has 0 amide bonds. The van der Waals surface area contributed by atoms with Gasteiger partial charge < -0.3 is 4.74 Å². The van der Waals surface area contributed by atoms with Gasteiger partial charge in [-0.05, 0) is 36.4 Å². The highest BCUT2D eigenvalue weighted by Crippen LogP contribution is 2.30. The lowest BCUT2D eigenvalue weighted by Gasteiger charge is -2.11. The summed E-state index contributed by atoms with van der Waals surface area (Å²) in [5, 5.41) is 10.1. The molecule has 3 rings (SSSR count). The Bertz CT molecular complexity index is 1040. The number of ether oxygens (including phenoxy) is 1. The summed E-state index contributed by atoms with van der Waals surface area (Å²) in [4.78, 5) is 0. The number of allylic oxidation sites excluding steroid dienone is 1.